The Kier molecular flexibility index (Phi) is 5.69. The normalized spacial score (nSPS) is 22.3. The molecule has 2 fully saturated rings. The molecule has 0 radical (unpaired) electrons. The zero-order valence-corrected chi connectivity index (χ0v) is 15.7. The first kappa shape index (κ1) is 18.5. The van der Waals surface area contributed by atoms with Gasteiger partial charge in [-0.3, -0.25) is 9.69 Å². The van der Waals surface area contributed by atoms with Crippen molar-refractivity contribution in [2.45, 2.75) is 51.5 Å². The highest BCUT2D eigenvalue weighted by Gasteiger charge is 2.35. The summed E-state index contributed by atoms with van der Waals surface area (Å²) in [5, 5.41) is 3.24. The first-order valence-corrected chi connectivity index (χ1v) is 9.59. The molecule has 0 unspecified atom stereocenters. The van der Waals surface area contributed by atoms with E-state index in [-0.39, 0.29) is 23.5 Å². The summed E-state index contributed by atoms with van der Waals surface area (Å²) < 4.78 is 5.02. The Morgan fingerprint density at radius 1 is 1.27 bits per heavy atom. The number of ether oxygens (including phenoxy) is 1. The molecule has 0 aromatic carbocycles. The molecule has 0 aromatic heterocycles. The second-order valence-electron chi connectivity index (χ2n) is 7.52. The number of amides is 2. The number of carbonyl (C=O) groups is 2. The van der Waals surface area contributed by atoms with Crippen molar-refractivity contribution in [3.8, 4) is 0 Å². The van der Waals surface area contributed by atoms with E-state index in [0.717, 1.165) is 44.5 Å². The molecule has 2 amide bonds. The number of piperidine rings is 1. The number of hydrogen-bond acceptors (Lipinski definition) is 4. The molecule has 0 aromatic rings. The van der Waals surface area contributed by atoms with Crippen LogP contribution >= 0.6 is 0 Å². The van der Waals surface area contributed by atoms with Gasteiger partial charge in [0.25, 0.3) is 0 Å². The number of hydrogen-bond donors (Lipinski definition) is 1. The van der Waals surface area contributed by atoms with Crippen LogP contribution in [0.1, 0.15) is 46.0 Å². The zero-order chi connectivity index (χ0) is 18.6. The average Bonchev–Trinajstić information content (AvgIpc) is 2.87. The number of carbonyl (C=O) groups excluding carboxylic acids is 2. The van der Waals surface area contributed by atoms with Gasteiger partial charge in [-0.25, -0.2) is 4.79 Å². The molecule has 3 aliphatic rings. The topological polar surface area (TPSA) is 61.9 Å². The predicted octanol–water partition coefficient (Wildman–Crippen LogP) is 3.14. The molecule has 0 atom stereocenters. The third kappa shape index (κ3) is 4.29. The van der Waals surface area contributed by atoms with Crippen LogP contribution in [-0.2, 0) is 9.53 Å². The van der Waals surface area contributed by atoms with Crippen LogP contribution in [0.5, 0.6) is 0 Å². The highest BCUT2D eigenvalue weighted by atomic mass is 16.5. The SMILES string of the molecule is CCOC(=O)N1C=CC=C(N2CCC(C(=O)NC3(C)CCC3)CC2)C=C1. The number of likely N-dealkylation sites (tertiary alicyclic amines) is 1. The van der Waals surface area contributed by atoms with Gasteiger partial charge in [0, 0.05) is 42.6 Å². The summed E-state index contributed by atoms with van der Waals surface area (Å²) >= 11 is 0. The Morgan fingerprint density at radius 3 is 2.62 bits per heavy atom. The number of nitrogens with one attached hydrogen (secondary N) is 1. The zero-order valence-electron chi connectivity index (χ0n) is 15.7. The van der Waals surface area contributed by atoms with Gasteiger partial charge in [0.05, 0.1) is 6.61 Å². The van der Waals surface area contributed by atoms with Gasteiger partial charge < -0.3 is 15.0 Å². The van der Waals surface area contributed by atoms with Gasteiger partial charge in [0.2, 0.25) is 5.91 Å². The largest absolute Gasteiger partial charge is 0.449 e. The summed E-state index contributed by atoms with van der Waals surface area (Å²) in [7, 11) is 0. The fourth-order valence-corrected chi connectivity index (χ4v) is 3.66. The van der Waals surface area contributed by atoms with E-state index in [1.165, 1.54) is 11.3 Å². The minimum atomic E-state index is -0.380. The molecule has 1 N–H and O–H groups in total. The van der Waals surface area contributed by atoms with Crippen LogP contribution in [0.4, 0.5) is 4.79 Å². The molecule has 0 spiro atoms. The molecule has 1 saturated carbocycles. The minimum absolute atomic E-state index is 0.0299. The van der Waals surface area contributed by atoms with Gasteiger partial charge in [-0.1, -0.05) is 0 Å². The molecular weight excluding hydrogens is 330 g/mol. The molecule has 6 heteroatoms. The predicted molar refractivity (Wildman–Crippen MR) is 99.9 cm³/mol. The summed E-state index contributed by atoms with van der Waals surface area (Å²) in [5.74, 6) is 0.316. The number of nitrogens with zero attached hydrogens (tertiary/aromatic N) is 2. The fraction of sp³-hybridized carbons (Fsp3) is 0.600. The van der Waals surface area contributed by atoms with Gasteiger partial charge in [-0.2, -0.15) is 0 Å². The van der Waals surface area contributed by atoms with E-state index in [0.29, 0.717) is 6.61 Å². The van der Waals surface area contributed by atoms with Gasteiger partial charge in [-0.15, -0.1) is 0 Å². The number of rotatable bonds is 4. The van der Waals surface area contributed by atoms with Crippen LogP contribution in [-0.4, -0.2) is 47.0 Å². The Hall–Kier alpha value is -2.24. The third-order valence-electron chi connectivity index (χ3n) is 5.51. The van der Waals surface area contributed by atoms with Gasteiger partial charge >= 0.3 is 6.09 Å². The average molecular weight is 359 g/mol. The summed E-state index contributed by atoms with van der Waals surface area (Å²) in [6.45, 7) is 5.98. The molecule has 0 bridgehead atoms. The lowest BCUT2D eigenvalue weighted by Gasteiger charge is -2.41. The lowest BCUT2D eigenvalue weighted by molar-refractivity contribution is -0.129. The van der Waals surface area contributed by atoms with Crippen LogP contribution in [0.25, 0.3) is 0 Å². The van der Waals surface area contributed by atoms with E-state index >= 15 is 0 Å². The summed E-state index contributed by atoms with van der Waals surface area (Å²) in [6, 6.07) is 0. The van der Waals surface area contributed by atoms with Gasteiger partial charge in [-0.05, 0) is 64.2 Å². The monoisotopic (exact) mass is 359 g/mol. The van der Waals surface area contributed by atoms with Crippen LogP contribution in [0.15, 0.2) is 36.3 Å². The van der Waals surface area contributed by atoms with Gasteiger partial charge in [0.15, 0.2) is 0 Å². The first-order valence-electron chi connectivity index (χ1n) is 9.59. The van der Waals surface area contributed by atoms with Crippen molar-refractivity contribution in [3.63, 3.8) is 0 Å². The molecule has 2 aliphatic heterocycles. The highest BCUT2D eigenvalue weighted by Crippen LogP contribution is 2.32. The fourth-order valence-electron chi connectivity index (χ4n) is 3.66. The molecule has 1 saturated heterocycles. The molecular formula is C20H29N3O3. The van der Waals surface area contributed by atoms with E-state index in [1.807, 2.05) is 18.2 Å². The standard InChI is InChI=1S/C20H29N3O3/c1-3-26-19(25)23-12-4-6-17(9-15-23)22-13-7-16(8-14-22)18(24)21-20(2)10-5-11-20/h4,6,9,12,15-16H,3,5,7-8,10-11,13-14H2,1-2H3,(H,21,24). The van der Waals surface area contributed by atoms with Crippen molar-refractivity contribution in [2.75, 3.05) is 19.7 Å². The Bertz CT molecular complexity index is 626. The third-order valence-corrected chi connectivity index (χ3v) is 5.51. The molecule has 142 valence electrons. The van der Waals surface area contributed by atoms with Crippen molar-refractivity contribution < 1.29 is 14.3 Å². The number of allylic oxidation sites excluding steroid dienone is 3. The Balaban J connectivity index is 1.51. The quantitative estimate of drug-likeness (QED) is 0.838. The van der Waals surface area contributed by atoms with E-state index in [2.05, 4.69) is 17.1 Å². The second kappa shape index (κ2) is 7.98. The van der Waals surface area contributed by atoms with E-state index in [1.54, 1.807) is 19.3 Å². The lowest BCUT2D eigenvalue weighted by atomic mass is 9.78. The maximum atomic E-state index is 12.5. The van der Waals surface area contributed by atoms with Crippen molar-refractivity contribution in [2.24, 2.45) is 5.92 Å². The van der Waals surface area contributed by atoms with Crippen LogP contribution < -0.4 is 5.32 Å². The van der Waals surface area contributed by atoms with Crippen LogP contribution in [0.3, 0.4) is 0 Å². The second-order valence-corrected chi connectivity index (χ2v) is 7.52. The summed E-state index contributed by atoms with van der Waals surface area (Å²) in [6.07, 6.45) is 13.9. The van der Waals surface area contributed by atoms with Crippen molar-refractivity contribution in [3.05, 3.63) is 36.3 Å². The van der Waals surface area contributed by atoms with E-state index < -0.39 is 0 Å². The van der Waals surface area contributed by atoms with E-state index in [9.17, 15) is 9.59 Å². The van der Waals surface area contributed by atoms with Crippen molar-refractivity contribution >= 4 is 12.0 Å². The van der Waals surface area contributed by atoms with Gasteiger partial charge in [0.1, 0.15) is 0 Å². The molecule has 1 aliphatic carbocycles. The molecule has 26 heavy (non-hydrogen) atoms. The summed E-state index contributed by atoms with van der Waals surface area (Å²) in [5.41, 5.74) is 1.08. The smallest absolute Gasteiger partial charge is 0.417 e. The maximum absolute atomic E-state index is 12.5. The van der Waals surface area contributed by atoms with Crippen molar-refractivity contribution in [1.29, 1.82) is 0 Å². The van der Waals surface area contributed by atoms with Crippen LogP contribution in [0.2, 0.25) is 0 Å². The molecule has 6 nitrogen and oxygen atoms in total. The first-order chi connectivity index (χ1) is 12.5. The lowest BCUT2D eigenvalue weighted by Crippen LogP contribution is -2.53. The molecule has 3 rings (SSSR count). The Morgan fingerprint density at radius 2 is 2.00 bits per heavy atom. The highest BCUT2D eigenvalue weighted by molar-refractivity contribution is 5.79. The van der Waals surface area contributed by atoms with E-state index in [4.69, 9.17) is 4.74 Å². The summed E-state index contributed by atoms with van der Waals surface area (Å²) in [4.78, 5) is 28.0. The minimum Gasteiger partial charge on any atom is -0.449 e. The van der Waals surface area contributed by atoms with Crippen molar-refractivity contribution in [1.82, 2.24) is 15.1 Å². The van der Waals surface area contributed by atoms with Crippen LogP contribution in [0, 0.1) is 5.92 Å². The Labute approximate surface area is 155 Å². The maximum Gasteiger partial charge on any atom is 0.417 e. The molecule has 2 heterocycles.